The molecule has 0 aliphatic heterocycles. The highest BCUT2D eigenvalue weighted by atomic mass is 35.5. The van der Waals surface area contributed by atoms with Crippen molar-refractivity contribution < 1.29 is 4.74 Å². The zero-order chi connectivity index (χ0) is 26.8. The van der Waals surface area contributed by atoms with Crippen molar-refractivity contribution in [3.05, 3.63) is 111 Å². The van der Waals surface area contributed by atoms with Crippen LogP contribution in [0.4, 0.5) is 0 Å². The number of ether oxygens (including phenoxy) is 1. The van der Waals surface area contributed by atoms with Gasteiger partial charge in [-0.25, -0.2) is 0 Å². The summed E-state index contributed by atoms with van der Waals surface area (Å²) in [6.45, 7) is 12.2. The number of nitroso groups, excluding NO2 is 1. The number of fused-ring (bicyclic) bond motifs is 1. The molecule has 2 atom stereocenters. The molecule has 0 amide bonds. The molecule has 0 aliphatic rings. The lowest BCUT2D eigenvalue weighted by Crippen LogP contribution is -2.22. The lowest BCUT2D eigenvalue weighted by atomic mass is 9.87. The Morgan fingerprint density at radius 3 is 2.22 bits per heavy atom. The van der Waals surface area contributed by atoms with E-state index in [0.29, 0.717) is 5.02 Å². The highest BCUT2D eigenvalue weighted by Crippen LogP contribution is 2.40. The molecule has 4 rings (SSSR count). The average Bonchev–Trinajstić information content (AvgIpc) is 2.86. The minimum atomic E-state index is -1.14. The van der Waals surface area contributed by atoms with Gasteiger partial charge in [-0.15, -0.1) is 4.91 Å². The van der Waals surface area contributed by atoms with Gasteiger partial charge in [0, 0.05) is 10.6 Å². The van der Waals surface area contributed by atoms with E-state index < -0.39 is 5.54 Å². The Hall–Kier alpha value is -3.45. The lowest BCUT2D eigenvalue weighted by Gasteiger charge is -2.29. The summed E-state index contributed by atoms with van der Waals surface area (Å²) >= 11 is 6.23. The average molecular weight is 510 g/mol. The van der Waals surface area contributed by atoms with E-state index in [-0.39, 0.29) is 11.7 Å². The molecule has 0 saturated heterocycles. The van der Waals surface area contributed by atoms with Gasteiger partial charge in [0.15, 0.2) is 5.54 Å². The van der Waals surface area contributed by atoms with E-state index in [4.69, 9.17) is 16.3 Å². The molecule has 2 unspecified atom stereocenters. The monoisotopic (exact) mass is 509 g/mol. The van der Waals surface area contributed by atoms with E-state index >= 15 is 0 Å². The summed E-state index contributed by atoms with van der Waals surface area (Å²) in [5, 5.41) is 6.24. The van der Waals surface area contributed by atoms with Crippen LogP contribution in [0.3, 0.4) is 0 Å². The number of aryl methyl sites for hydroxylation is 1. The third-order valence-electron chi connectivity index (χ3n) is 6.43. The van der Waals surface area contributed by atoms with Crippen LogP contribution < -0.4 is 0 Å². The maximum atomic E-state index is 11.8. The number of hydrogen-bond acceptors (Lipinski definition) is 3. The molecule has 0 heterocycles. The number of halogens is 1. The van der Waals surface area contributed by atoms with E-state index in [1.54, 1.807) is 6.92 Å². The third-order valence-corrected chi connectivity index (χ3v) is 6.68. The van der Waals surface area contributed by atoms with Crippen LogP contribution in [0.15, 0.2) is 84.0 Å². The Labute approximate surface area is 224 Å². The van der Waals surface area contributed by atoms with E-state index in [1.807, 2.05) is 60.7 Å². The number of nitrogens with zero attached hydrogens (tertiary/aromatic N) is 1. The Morgan fingerprint density at radius 1 is 0.919 bits per heavy atom. The zero-order valence-electron chi connectivity index (χ0n) is 22.2. The highest BCUT2D eigenvalue weighted by molar-refractivity contribution is 6.30. The molecule has 4 aromatic carbocycles. The van der Waals surface area contributed by atoms with Crippen LogP contribution in [0.5, 0.6) is 0 Å². The fraction of sp³-hybridized carbons (Fsp3) is 0.273. The molecule has 0 fully saturated rings. The van der Waals surface area contributed by atoms with Crippen molar-refractivity contribution in [2.75, 3.05) is 0 Å². The predicted molar refractivity (Wildman–Crippen MR) is 155 cm³/mol. The first-order valence-corrected chi connectivity index (χ1v) is 12.8. The molecule has 4 heteroatoms. The quantitative estimate of drug-likeness (QED) is 0.198. The van der Waals surface area contributed by atoms with Crippen molar-refractivity contribution in [2.45, 2.75) is 58.8 Å². The molecule has 0 N–H and O–H groups in total. The normalized spacial score (nSPS) is 13.9. The van der Waals surface area contributed by atoms with Crippen LogP contribution in [0.1, 0.15) is 63.0 Å². The van der Waals surface area contributed by atoms with Crippen LogP contribution in [0.25, 0.3) is 21.9 Å². The summed E-state index contributed by atoms with van der Waals surface area (Å²) in [5.74, 6) is 6.34. The van der Waals surface area contributed by atoms with E-state index in [1.165, 1.54) is 0 Å². The number of rotatable bonds is 5. The van der Waals surface area contributed by atoms with Crippen LogP contribution >= 0.6 is 11.6 Å². The molecule has 4 aromatic rings. The van der Waals surface area contributed by atoms with Gasteiger partial charge in [-0.1, -0.05) is 78.0 Å². The van der Waals surface area contributed by atoms with Gasteiger partial charge in [-0.3, -0.25) is 0 Å². The van der Waals surface area contributed by atoms with Crippen LogP contribution in [-0.4, -0.2) is 5.60 Å². The second-order valence-electron chi connectivity index (χ2n) is 10.6. The molecule has 37 heavy (non-hydrogen) atoms. The first-order valence-electron chi connectivity index (χ1n) is 12.4. The largest absolute Gasteiger partial charge is 0.368 e. The van der Waals surface area contributed by atoms with Gasteiger partial charge in [-0.05, 0) is 110 Å². The van der Waals surface area contributed by atoms with Gasteiger partial charge in [0.2, 0.25) is 0 Å². The molecule has 0 bridgehead atoms. The van der Waals surface area contributed by atoms with Crippen LogP contribution in [0.2, 0.25) is 5.02 Å². The maximum absolute atomic E-state index is 11.8. The SMILES string of the molecule is Cc1cc2ccc(C#CC(C)(N=O)c3ccccc3)cc2c(-c2ccc(Cl)cc2)c1C(C)OC(C)(C)C. The van der Waals surface area contributed by atoms with Gasteiger partial charge in [-0.2, -0.15) is 0 Å². The van der Waals surface area contributed by atoms with Gasteiger partial charge >= 0.3 is 0 Å². The van der Waals surface area contributed by atoms with E-state index in [9.17, 15) is 4.91 Å². The molecular weight excluding hydrogens is 478 g/mol. The maximum Gasteiger partial charge on any atom is 0.185 e. The van der Waals surface area contributed by atoms with Gasteiger partial charge in [0.25, 0.3) is 0 Å². The third kappa shape index (κ3) is 5.93. The summed E-state index contributed by atoms with van der Waals surface area (Å²) in [4.78, 5) is 11.8. The standard InChI is InChI=1S/C33H32ClNO2/c1-22-20-26-13-12-24(18-19-33(6,35-36)27-10-8-7-9-11-27)21-29(26)31(25-14-16-28(34)17-15-25)30(22)23(2)37-32(3,4)5/h7-17,20-21,23H,1-6H3. The van der Waals surface area contributed by atoms with Crippen molar-refractivity contribution in [1.82, 2.24) is 0 Å². The Balaban J connectivity index is 1.93. The Bertz CT molecular complexity index is 1490. The van der Waals surface area contributed by atoms with Crippen LogP contribution in [0, 0.1) is 23.7 Å². The molecule has 0 saturated carbocycles. The summed E-state index contributed by atoms with van der Waals surface area (Å²) in [6, 6.07) is 25.7. The zero-order valence-corrected chi connectivity index (χ0v) is 23.0. The van der Waals surface area contributed by atoms with Crippen molar-refractivity contribution in [1.29, 1.82) is 0 Å². The second-order valence-corrected chi connectivity index (χ2v) is 11.0. The minimum Gasteiger partial charge on any atom is -0.368 e. The summed E-state index contributed by atoms with van der Waals surface area (Å²) in [6.07, 6.45) is -0.134. The first kappa shape index (κ1) is 26.6. The highest BCUT2D eigenvalue weighted by Gasteiger charge is 2.25. The van der Waals surface area contributed by atoms with Gasteiger partial charge in [0.05, 0.1) is 11.7 Å². The summed E-state index contributed by atoms with van der Waals surface area (Å²) < 4.78 is 6.42. The van der Waals surface area contributed by atoms with Gasteiger partial charge in [0.1, 0.15) is 0 Å². The lowest BCUT2D eigenvalue weighted by molar-refractivity contribution is -0.0529. The van der Waals surface area contributed by atoms with Crippen molar-refractivity contribution in [3.8, 4) is 23.0 Å². The van der Waals surface area contributed by atoms with Crippen molar-refractivity contribution >= 4 is 22.4 Å². The fourth-order valence-corrected chi connectivity index (χ4v) is 4.90. The topological polar surface area (TPSA) is 38.7 Å². The molecule has 188 valence electrons. The Morgan fingerprint density at radius 2 is 1.59 bits per heavy atom. The molecular formula is C33H32ClNO2. The predicted octanol–water partition coefficient (Wildman–Crippen LogP) is 9.38. The summed E-state index contributed by atoms with van der Waals surface area (Å²) in [7, 11) is 0. The fourth-order valence-electron chi connectivity index (χ4n) is 4.77. The first-order chi connectivity index (χ1) is 17.5. The smallest absolute Gasteiger partial charge is 0.185 e. The molecule has 0 radical (unpaired) electrons. The molecule has 0 spiro atoms. The van der Waals surface area contributed by atoms with Crippen molar-refractivity contribution in [2.24, 2.45) is 5.18 Å². The van der Waals surface area contributed by atoms with E-state index in [0.717, 1.165) is 44.2 Å². The van der Waals surface area contributed by atoms with Crippen molar-refractivity contribution in [3.63, 3.8) is 0 Å². The van der Waals surface area contributed by atoms with Gasteiger partial charge < -0.3 is 4.74 Å². The Kier molecular flexibility index (Phi) is 7.55. The molecule has 0 aromatic heterocycles. The number of hydrogen-bond donors (Lipinski definition) is 0. The second kappa shape index (κ2) is 10.5. The summed E-state index contributed by atoms with van der Waals surface area (Å²) in [5.41, 5.74) is 4.61. The molecule has 0 aliphatic carbocycles. The molecule has 3 nitrogen and oxygen atoms in total. The number of benzene rings is 4. The van der Waals surface area contributed by atoms with Crippen LogP contribution in [-0.2, 0) is 10.3 Å². The van der Waals surface area contributed by atoms with E-state index in [2.05, 4.69) is 69.8 Å². The minimum absolute atomic E-state index is 0.134.